The zero-order valence-corrected chi connectivity index (χ0v) is 14.1. The lowest BCUT2D eigenvalue weighted by molar-refractivity contribution is -0.142. The topological polar surface area (TPSA) is 95.9 Å². The number of carbonyl (C=O) groups is 1. The zero-order valence-electron chi connectivity index (χ0n) is 13.3. The van der Waals surface area contributed by atoms with Crippen LogP contribution in [-0.2, 0) is 19.6 Å². The Labute approximate surface area is 136 Å². The van der Waals surface area contributed by atoms with E-state index < -0.39 is 28.1 Å². The molecule has 1 saturated heterocycles. The zero-order chi connectivity index (χ0) is 17.1. The molecule has 2 rings (SSSR count). The number of carbonyl (C=O) groups excluding carboxylic acids is 1. The molecule has 128 valence electrons. The minimum Gasteiger partial charge on any atom is -0.394 e. The number of ether oxygens (including phenoxy) is 1. The van der Waals surface area contributed by atoms with E-state index in [1.54, 1.807) is 12.1 Å². The second-order valence-electron chi connectivity index (χ2n) is 5.81. The monoisotopic (exact) mass is 342 g/mol. The number of rotatable bonds is 5. The summed E-state index contributed by atoms with van der Waals surface area (Å²) >= 11 is 0. The van der Waals surface area contributed by atoms with Gasteiger partial charge in [-0.15, -0.1) is 0 Å². The number of hydrogen-bond acceptors (Lipinski definition) is 5. The summed E-state index contributed by atoms with van der Waals surface area (Å²) in [4.78, 5) is 14.1. The Morgan fingerprint density at radius 2 is 1.87 bits per heavy atom. The van der Waals surface area contributed by atoms with Crippen LogP contribution < -0.4 is 4.72 Å². The number of nitrogens with zero attached hydrogens (tertiary/aromatic N) is 1. The molecule has 1 aliphatic heterocycles. The molecule has 0 bridgehead atoms. The first-order chi connectivity index (χ1) is 10.8. The Kier molecular flexibility index (Phi) is 5.41. The van der Waals surface area contributed by atoms with Gasteiger partial charge in [-0.3, -0.25) is 4.79 Å². The van der Waals surface area contributed by atoms with Gasteiger partial charge in [0.25, 0.3) is 0 Å². The molecule has 1 unspecified atom stereocenters. The van der Waals surface area contributed by atoms with Crippen molar-refractivity contribution in [2.45, 2.75) is 24.3 Å². The van der Waals surface area contributed by atoms with E-state index in [9.17, 15) is 18.3 Å². The van der Waals surface area contributed by atoms with Gasteiger partial charge in [-0.05, 0) is 26.0 Å². The van der Waals surface area contributed by atoms with Crippen LogP contribution in [0.3, 0.4) is 0 Å². The molecule has 1 fully saturated rings. The summed E-state index contributed by atoms with van der Waals surface area (Å²) in [6.07, 6.45) is 0. The van der Waals surface area contributed by atoms with E-state index in [4.69, 9.17) is 4.74 Å². The number of morpholine rings is 1. The van der Waals surface area contributed by atoms with Crippen LogP contribution in [0.25, 0.3) is 0 Å². The highest BCUT2D eigenvalue weighted by atomic mass is 32.2. The summed E-state index contributed by atoms with van der Waals surface area (Å²) < 4.78 is 32.5. The predicted molar refractivity (Wildman–Crippen MR) is 84.4 cm³/mol. The fraction of sp³-hybridized carbons (Fsp3) is 0.533. The fourth-order valence-electron chi connectivity index (χ4n) is 2.33. The van der Waals surface area contributed by atoms with Crippen molar-refractivity contribution in [2.75, 3.05) is 32.9 Å². The molecule has 0 saturated carbocycles. The summed E-state index contributed by atoms with van der Waals surface area (Å²) in [7, 11) is -3.92. The van der Waals surface area contributed by atoms with Crippen LogP contribution in [0.2, 0.25) is 0 Å². The molecular formula is C15H22N2O5S. The van der Waals surface area contributed by atoms with Crippen LogP contribution >= 0.6 is 0 Å². The van der Waals surface area contributed by atoms with Gasteiger partial charge in [0.05, 0.1) is 24.7 Å². The van der Waals surface area contributed by atoms with Crippen molar-refractivity contribution in [1.29, 1.82) is 0 Å². The van der Waals surface area contributed by atoms with E-state index >= 15 is 0 Å². The third kappa shape index (κ3) is 4.08. The Bertz CT molecular complexity index is 653. The molecule has 2 N–H and O–H groups in total. The molecule has 0 aliphatic carbocycles. The summed E-state index contributed by atoms with van der Waals surface area (Å²) in [5.41, 5.74) is -0.681. The molecule has 0 spiro atoms. The number of hydrogen-bond donors (Lipinski definition) is 2. The van der Waals surface area contributed by atoms with Crippen molar-refractivity contribution < 1.29 is 23.1 Å². The minimum atomic E-state index is -3.92. The number of amides is 1. The van der Waals surface area contributed by atoms with Crippen molar-refractivity contribution in [3.8, 4) is 0 Å². The van der Waals surface area contributed by atoms with Crippen LogP contribution in [-0.4, -0.2) is 62.8 Å². The van der Waals surface area contributed by atoms with Gasteiger partial charge in [-0.2, -0.15) is 4.72 Å². The molecule has 8 heteroatoms. The van der Waals surface area contributed by atoms with Crippen LogP contribution in [0.5, 0.6) is 0 Å². The highest BCUT2D eigenvalue weighted by Crippen LogP contribution is 2.17. The van der Waals surface area contributed by atoms with E-state index in [0.29, 0.717) is 26.3 Å². The van der Waals surface area contributed by atoms with E-state index in [1.807, 2.05) is 6.92 Å². The molecule has 1 aliphatic rings. The molecule has 1 aromatic rings. The second kappa shape index (κ2) is 6.96. The summed E-state index contributed by atoms with van der Waals surface area (Å²) in [6.45, 7) is 4.16. The van der Waals surface area contributed by atoms with E-state index in [0.717, 1.165) is 5.56 Å². The van der Waals surface area contributed by atoms with Crippen molar-refractivity contribution >= 4 is 15.9 Å². The number of aliphatic hydroxyl groups is 1. The number of aryl methyl sites for hydroxylation is 1. The molecule has 0 radical (unpaired) electrons. The van der Waals surface area contributed by atoms with Crippen molar-refractivity contribution in [1.82, 2.24) is 9.62 Å². The van der Waals surface area contributed by atoms with E-state index in [1.165, 1.54) is 24.0 Å². The Balaban J connectivity index is 2.22. The van der Waals surface area contributed by atoms with Gasteiger partial charge in [0.15, 0.2) is 0 Å². The second-order valence-corrected chi connectivity index (χ2v) is 7.50. The lowest BCUT2D eigenvalue weighted by atomic mass is 10.0. The van der Waals surface area contributed by atoms with Gasteiger partial charge in [0.1, 0.15) is 5.54 Å². The van der Waals surface area contributed by atoms with Gasteiger partial charge >= 0.3 is 0 Å². The lowest BCUT2D eigenvalue weighted by Crippen LogP contribution is -2.61. The standard InChI is InChI=1S/C15H22N2O5S/c1-12-3-5-13(6-4-12)23(20,21)16-15(2,11-18)14(19)17-7-9-22-10-8-17/h3-6,16,18H,7-11H2,1-2H3. The largest absolute Gasteiger partial charge is 0.394 e. The normalized spacial score (nSPS) is 18.5. The maximum Gasteiger partial charge on any atom is 0.246 e. The molecule has 7 nitrogen and oxygen atoms in total. The molecule has 1 amide bonds. The third-order valence-corrected chi connectivity index (χ3v) is 5.39. The highest BCUT2D eigenvalue weighted by Gasteiger charge is 2.40. The van der Waals surface area contributed by atoms with Gasteiger partial charge in [0.2, 0.25) is 15.9 Å². The number of benzene rings is 1. The smallest absolute Gasteiger partial charge is 0.246 e. The van der Waals surface area contributed by atoms with Gasteiger partial charge < -0.3 is 14.7 Å². The van der Waals surface area contributed by atoms with Crippen LogP contribution in [0.15, 0.2) is 29.2 Å². The van der Waals surface area contributed by atoms with Gasteiger partial charge in [-0.25, -0.2) is 8.42 Å². The first-order valence-corrected chi connectivity index (χ1v) is 8.85. The molecule has 0 aromatic heterocycles. The van der Waals surface area contributed by atoms with Crippen molar-refractivity contribution in [3.63, 3.8) is 0 Å². The SMILES string of the molecule is Cc1ccc(S(=O)(=O)NC(C)(CO)C(=O)N2CCOCC2)cc1. The fourth-order valence-corrected chi connectivity index (χ4v) is 3.69. The van der Waals surface area contributed by atoms with Gasteiger partial charge in [0, 0.05) is 13.1 Å². The minimum absolute atomic E-state index is 0.0533. The Morgan fingerprint density at radius 3 is 2.39 bits per heavy atom. The highest BCUT2D eigenvalue weighted by molar-refractivity contribution is 7.89. The predicted octanol–water partition coefficient (Wildman–Crippen LogP) is -0.117. The number of sulfonamides is 1. The van der Waals surface area contributed by atoms with Crippen molar-refractivity contribution in [2.24, 2.45) is 0 Å². The van der Waals surface area contributed by atoms with Gasteiger partial charge in [-0.1, -0.05) is 17.7 Å². The van der Waals surface area contributed by atoms with Crippen molar-refractivity contribution in [3.05, 3.63) is 29.8 Å². The van der Waals surface area contributed by atoms with Crippen LogP contribution in [0.1, 0.15) is 12.5 Å². The van der Waals surface area contributed by atoms with Crippen LogP contribution in [0.4, 0.5) is 0 Å². The maximum absolute atomic E-state index is 12.6. The first-order valence-electron chi connectivity index (χ1n) is 7.37. The van der Waals surface area contributed by atoms with E-state index in [2.05, 4.69) is 4.72 Å². The molecule has 1 heterocycles. The molecule has 1 atom stereocenters. The Morgan fingerprint density at radius 1 is 1.30 bits per heavy atom. The quantitative estimate of drug-likeness (QED) is 0.778. The Hall–Kier alpha value is -1.48. The summed E-state index contributed by atoms with van der Waals surface area (Å²) in [5.74, 6) is -0.459. The summed E-state index contributed by atoms with van der Waals surface area (Å²) in [5, 5.41) is 9.64. The van der Waals surface area contributed by atoms with Crippen LogP contribution in [0, 0.1) is 6.92 Å². The maximum atomic E-state index is 12.6. The number of nitrogens with one attached hydrogen (secondary N) is 1. The first kappa shape index (κ1) is 17.9. The molecule has 1 aromatic carbocycles. The lowest BCUT2D eigenvalue weighted by Gasteiger charge is -2.35. The number of aliphatic hydroxyl groups excluding tert-OH is 1. The molecule has 23 heavy (non-hydrogen) atoms. The average molecular weight is 342 g/mol. The molecular weight excluding hydrogens is 320 g/mol. The third-order valence-electron chi connectivity index (χ3n) is 3.78. The average Bonchev–Trinajstić information content (AvgIpc) is 2.55. The van der Waals surface area contributed by atoms with E-state index in [-0.39, 0.29) is 4.90 Å². The summed E-state index contributed by atoms with van der Waals surface area (Å²) in [6, 6.07) is 6.28.